The Hall–Kier alpha value is -0.610. The number of hydrogen-bond acceptors (Lipinski definition) is 3. The van der Waals surface area contributed by atoms with Gasteiger partial charge < -0.3 is 15.3 Å². The molecule has 4 nitrogen and oxygen atoms in total. The number of carbonyl (C=O) groups is 1. The predicted octanol–water partition coefficient (Wildman–Crippen LogP) is 0.746. The van der Waals surface area contributed by atoms with Gasteiger partial charge in [0.25, 0.3) is 0 Å². The first kappa shape index (κ1) is 13.5. The fourth-order valence-electron chi connectivity index (χ4n) is 2.23. The first-order valence-corrected chi connectivity index (χ1v) is 6.21. The van der Waals surface area contributed by atoms with Crippen molar-refractivity contribution in [2.24, 2.45) is 0 Å². The van der Waals surface area contributed by atoms with Gasteiger partial charge in [0.1, 0.15) is 0 Å². The van der Waals surface area contributed by atoms with Crippen LogP contribution in [-0.2, 0) is 4.79 Å². The third-order valence-electron chi connectivity index (χ3n) is 3.10. The van der Waals surface area contributed by atoms with Gasteiger partial charge >= 0.3 is 0 Å². The summed E-state index contributed by atoms with van der Waals surface area (Å²) >= 11 is 0. The number of hydrogen-bond donors (Lipinski definition) is 2. The lowest BCUT2D eigenvalue weighted by Gasteiger charge is -2.22. The molecule has 0 spiro atoms. The molecule has 16 heavy (non-hydrogen) atoms. The molecule has 0 saturated carbocycles. The van der Waals surface area contributed by atoms with E-state index in [2.05, 4.69) is 26.1 Å². The maximum Gasteiger partial charge on any atom is 0.224 e. The molecule has 1 amide bonds. The summed E-state index contributed by atoms with van der Waals surface area (Å²) in [6, 6.07) is 0.952. The Balaban J connectivity index is 2.32. The van der Waals surface area contributed by atoms with Crippen molar-refractivity contribution in [1.82, 2.24) is 10.2 Å². The summed E-state index contributed by atoms with van der Waals surface area (Å²) in [6.07, 6.45) is 2.40. The molecule has 1 aliphatic heterocycles. The van der Waals surface area contributed by atoms with Gasteiger partial charge in [0.15, 0.2) is 0 Å². The van der Waals surface area contributed by atoms with Crippen molar-refractivity contribution in [2.45, 2.75) is 58.2 Å². The largest absolute Gasteiger partial charge is 0.396 e. The van der Waals surface area contributed by atoms with E-state index in [0.717, 1.165) is 19.4 Å². The number of rotatable bonds is 6. The molecule has 0 bridgehead atoms. The molecule has 2 atom stereocenters. The Morgan fingerprint density at radius 2 is 2.19 bits per heavy atom. The molecule has 1 fully saturated rings. The van der Waals surface area contributed by atoms with Gasteiger partial charge in [-0.05, 0) is 33.6 Å². The van der Waals surface area contributed by atoms with Crippen LogP contribution in [0.4, 0.5) is 0 Å². The van der Waals surface area contributed by atoms with Gasteiger partial charge in [0, 0.05) is 37.7 Å². The van der Waals surface area contributed by atoms with Gasteiger partial charge in [0.05, 0.1) is 0 Å². The Kier molecular flexibility index (Phi) is 5.22. The first-order chi connectivity index (χ1) is 7.54. The molecule has 94 valence electrons. The SMILES string of the molecule is CC(CCCO)NC1CC(=O)N(C(C)C)C1. The number of likely N-dealkylation sites (tertiary alicyclic amines) is 1. The van der Waals surface area contributed by atoms with Gasteiger partial charge in [-0.1, -0.05) is 0 Å². The van der Waals surface area contributed by atoms with Crippen LogP contribution in [0.15, 0.2) is 0 Å². The van der Waals surface area contributed by atoms with Crippen molar-refractivity contribution in [2.75, 3.05) is 13.2 Å². The van der Waals surface area contributed by atoms with E-state index in [4.69, 9.17) is 5.11 Å². The lowest BCUT2D eigenvalue weighted by Crippen LogP contribution is -2.40. The maximum atomic E-state index is 11.7. The van der Waals surface area contributed by atoms with Gasteiger partial charge in [0.2, 0.25) is 5.91 Å². The third kappa shape index (κ3) is 3.76. The third-order valence-corrected chi connectivity index (χ3v) is 3.10. The van der Waals surface area contributed by atoms with Crippen LogP contribution in [-0.4, -0.2) is 47.2 Å². The molecule has 0 aromatic heterocycles. The minimum Gasteiger partial charge on any atom is -0.396 e. The minimum absolute atomic E-state index is 0.244. The zero-order valence-electron chi connectivity index (χ0n) is 10.6. The fraction of sp³-hybridized carbons (Fsp3) is 0.917. The predicted molar refractivity (Wildman–Crippen MR) is 64.2 cm³/mol. The van der Waals surface area contributed by atoms with Crippen LogP contribution >= 0.6 is 0 Å². The van der Waals surface area contributed by atoms with Crippen molar-refractivity contribution < 1.29 is 9.90 Å². The second-order valence-electron chi connectivity index (χ2n) is 4.97. The van der Waals surface area contributed by atoms with E-state index in [1.54, 1.807) is 0 Å². The lowest BCUT2D eigenvalue weighted by atomic mass is 10.1. The summed E-state index contributed by atoms with van der Waals surface area (Å²) in [4.78, 5) is 13.6. The van der Waals surface area contributed by atoms with Crippen LogP contribution in [0, 0.1) is 0 Å². The molecule has 1 aliphatic rings. The highest BCUT2D eigenvalue weighted by molar-refractivity contribution is 5.79. The number of carbonyl (C=O) groups excluding carboxylic acids is 1. The van der Waals surface area contributed by atoms with E-state index in [9.17, 15) is 4.79 Å². The molecular weight excluding hydrogens is 204 g/mol. The van der Waals surface area contributed by atoms with Crippen LogP contribution < -0.4 is 5.32 Å². The van der Waals surface area contributed by atoms with Crippen LogP contribution in [0.5, 0.6) is 0 Å². The average Bonchev–Trinajstić information content (AvgIpc) is 2.56. The molecule has 2 unspecified atom stereocenters. The van der Waals surface area contributed by atoms with E-state index in [0.29, 0.717) is 18.5 Å². The van der Waals surface area contributed by atoms with Gasteiger partial charge in [-0.3, -0.25) is 4.79 Å². The van der Waals surface area contributed by atoms with Crippen LogP contribution in [0.25, 0.3) is 0 Å². The quantitative estimate of drug-likeness (QED) is 0.705. The van der Waals surface area contributed by atoms with E-state index < -0.39 is 0 Å². The second-order valence-corrected chi connectivity index (χ2v) is 4.97. The molecule has 1 rings (SSSR count). The molecule has 0 radical (unpaired) electrons. The Morgan fingerprint density at radius 1 is 1.50 bits per heavy atom. The zero-order chi connectivity index (χ0) is 12.1. The van der Waals surface area contributed by atoms with E-state index >= 15 is 0 Å². The number of aliphatic hydroxyl groups excluding tert-OH is 1. The topological polar surface area (TPSA) is 52.6 Å². The molecule has 4 heteroatoms. The Morgan fingerprint density at radius 3 is 2.69 bits per heavy atom. The summed E-state index contributed by atoms with van der Waals surface area (Å²) < 4.78 is 0. The summed E-state index contributed by atoms with van der Waals surface area (Å²) in [5.74, 6) is 0.252. The summed E-state index contributed by atoms with van der Waals surface area (Å²) in [5, 5.41) is 12.2. The molecule has 0 aliphatic carbocycles. The summed E-state index contributed by atoms with van der Waals surface area (Å²) in [7, 11) is 0. The molecule has 0 aromatic rings. The first-order valence-electron chi connectivity index (χ1n) is 6.21. The smallest absolute Gasteiger partial charge is 0.224 e. The second kappa shape index (κ2) is 6.21. The highest BCUT2D eigenvalue weighted by atomic mass is 16.2. The molecular formula is C12H24N2O2. The lowest BCUT2D eigenvalue weighted by molar-refractivity contribution is -0.129. The summed E-state index contributed by atoms with van der Waals surface area (Å²) in [5.41, 5.74) is 0. The van der Waals surface area contributed by atoms with Crippen molar-refractivity contribution in [1.29, 1.82) is 0 Å². The van der Waals surface area contributed by atoms with Crippen LogP contribution in [0.2, 0.25) is 0 Å². The Labute approximate surface area is 98.0 Å². The molecule has 2 N–H and O–H groups in total. The highest BCUT2D eigenvalue weighted by Crippen LogP contribution is 2.15. The number of nitrogens with one attached hydrogen (secondary N) is 1. The van der Waals surface area contributed by atoms with E-state index in [1.807, 2.05) is 4.90 Å². The van der Waals surface area contributed by atoms with Crippen molar-refractivity contribution >= 4 is 5.91 Å². The zero-order valence-corrected chi connectivity index (χ0v) is 10.6. The summed E-state index contributed by atoms with van der Waals surface area (Å²) in [6.45, 7) is 7.27. The number of nitrogens with zero attached hydrogens (tertiary/aromatic N) is 1. The monoisotopic (exact) mass is 228 g/mol. The van der Waals surface area contributed by atoms with E-state index in [1.165, 1.54) is 0 Å². The van der Waals surface area contributed by atoms with E-state index in [-0.39, 0.29) is 18.6 Å². The van der Waals surface area contributed by atoms with Crippen molar-refractivity contribution in [3.05, 3.63) is 0 Å². The number of aliphatic hydroxyl groups is 1. The molecule has 1 saturated heterocycles. The molecule has 0 aromatic carbocycles. The van der Waals surface area contributed by atoms with Crippen LogP contribution in [0.3, 0.4) is 0 Å². The maximum absolute atomic E-state index is 11.7. The van der Waals surface area contributed by atoms with Crippen molar-refractivity contribution in [3.63, 3.8) is 0 Å². The van der Waals surface area contributed by atoms with Gasteiger partial charge in [-0.15, -0.1) is 0 Å². The minimum atomic E-state index is 0.244. The standard InChI is InChI=1S/C12H24N2O2/c1-9(2)14-8-11(7-12(14)16)13-10(3)5-4-6-15/h9-11,13,15H,4-8H2,1-3H3. The average molecular weight is 228 g/mol. The fourth-order valence-corrected chi connectivity index (χ4v) is 2.23. The highest BCUT2D eigenvalue weighted by Gasteiger charge is 2.31. The Bertz CT molecular complexity index is 231. The van der Waals surface area contributed by atoms with Gasteiger partial charge in [-0.2, -0.15) is 0 Å². The molecule has 1 heterocycles. The van der Waals surface area contributed by atoms with Crippen molar-refractivity contribution in [3.8, 4) is 0 Å². The normalized spacial score (nSPS) is 23.2. The van der Waals surface area contributed by atoms with Crippen LogP contribution in [0.1, 0.15) is 40.0 Å². The van der Waals surface area contributed by atoms with Gasteiger partial charge in [-0.25, -0.2) is 0 Å². The number of amides is 1.